The van der Waals surface area contributed by atoms with Gasteiger partial charge in [-0.15, -0.1) is 0 Å². The van der Waals surface area contributed by atoms with Crippen LogP contribution < -0.4 is 10.1 Å². The van der Waals surface area contributed by atoms with Crippen molar-refractivity contribution in [3.8, 4) is 17.2 Å². The van der Waals surface area contributed by atoms with E-state index in [0.717, 1.165) is 24.7 Å². The number of rotatable bonds is 10. The summed E-state index contributed by atoms with van der Waals surface area (Å²) in [7, 11) is 0. The van der Waals surface area contributed by atoms with E-state index in [-0.39, 0.29) is 28.3 Å². The van der Waals surface area contributed by atoms with Crippen molar-refractivity contribution in [3.63, 3.8) is 0 Å². The molecule has 2 aromatic rings. The summed E-state index contributed by atoms with van der Waals surface area (Å²) in [5.41, 5.74) is 0.277. The molecule has 0 fully saturated rings. The van der Waals surface area contributed by atoms with Crippen LogP contribution in [0.1, 0.15) is 66.2 Å². The Morgan fingerprint density at radius 2 is 1.47 bits per heavy atom. The summed E-state index contributed by atoms with van der Waals surface area (Å²) in [6.07, 6.45) is 8.34. The standard InChI is InChI=1S/C24H27NO5/c1-2-3-4-5-6-7-14-30-17-10-8-16(9-11-17)25-18-15-21(28)22-19(26)12-13-20(27)23(22)24(18)29/h8-13,15,25-27H,2-7,14H2,1H3. The van der Waals surface area contributed by atoms with Gasteiger partial charge in [0, 0.05) is 11.8 Å². The lowest BCUT2D eigenvalue weighted by Crippen LogP contribution is -2.21. The highest BCUT2D eigenvalue weighted by Crippen LogP contribution is 2.35. The molecule has 0 saturated carbocycles. The van der Waals surface area contributed by atoms with Crippen molar-refractivity contribution in [2.24, 2.45) is 0 Å². The van der Waals surface area contributed by atoms with E-state index in [1.165, 1.54) is 37.8 Å². The number of phenols is 2. The van der Waals surface area contributed by atoms with Gasteiger partial charge in [0.15, 0.2) is 5.78 Å². The Bertz CT molecular complexity index is 947. The van der Waals surface area contributed by atoms with Crippen LogP contribution in [0.2, 0.25) is 0 Å². The lowest BCUT2D eigenvalue weighted by molar-refractivity contribution is 0.0980. The van der Waals surface area contributed by atoms with Crippen LogP contribution in [0.5, 0.6) is 17.2 Å². The van der Waals surface area contributed by atoms with E-state index in [9.17, 15) is 19.8 Å². The quantitative estimate of drug-likeness (QED) is 0.368. The molecule has 0 bridgehead atoms. The Morgan fingerprint density at radius 3 is 2.17 bits per heavy atom. The van der Waals surface area contributed by atoms with Gasteiger partial charge < -0.3 is 20.3 Å². The molecule has 6 nitrogen and oxygen atoms in total. The predicted octanol–water partition coefficient (Wildman–Crippen LogP) is 5.21. The van der Waals surface area contributed by atoms with Crippen LogP contribution in [-0.4, -0.2) is 28.4 Å². The second-order valence-electron chi connectivity index (χ2n) is 7.37. The Hall–Kier alpha value is -3.28. The van der Waals surface area contributed by atoms with Crippen molar-refractivity contribution < 1.29 is 24.5 Å². The Balaban J connectivity index is 1.58. The van der Waals surface area contributed by atoms with E-state index in [1.807, 2.05) is 0 Å². The molecule has 0 saturated heterocycles. The molecule has 0 atom stereocenters. The molecule has 0 radical (unpaired) electrons. The van der Waals surface area contributed by atoms with Crippen LogP contribution in [0, 0.1) is 0 Å². The average molecular weight is 409 g/mol. The fourth-order valence-corrected chi connectivity index (χ4v) is 3.42. The smallest absolute Gasteiger partial charge is 0.213 e. The molecule has 0 aliphatic heterocycles. The molecule has 0 amide bonds. The Kier molecular flexibility index (Phi) is 7.12. The number of nitrogens with one attached hydrogen (secondary N) is 1. The molecule has 0 aromatic heterocycles. The summed E-state index contributed by atoms with van der Waals surface area (Å²) in [6, 6.07) is 9.49. The highest BCUT2D eigenvalue weighted by atomic mass is 16.5. The van der Waals surface area contributed by atoms with Gasteiger partial charge in [0.1, 0.15) is 17.2 Å². The average Bonchev–Trinajstić information content (AvgIpc) is 2.74. The third kappa shape index (κ3) is 5.00. The van der Waals surface area contributed by atoms with Gasteiger partial charge in [-0.05, 0) is 42.8 Å². The number of phenolic OH excluding ortho intramolecular Hbond substituents is 2. The van der Waals surface area contributed by atoms with Gasteiger partial charge in [0.05, 0.1) is 23.4 Å². The van der Waals surface area contributed by atoms with Crippen LogP contribution >= 0.6 is 0 Å². The molecule has 1 aliphatic carbocycles. The topological polar surface area (TPSA) is 95.9 Å². The zero-order valence-corrected chi connectivity index (χ0v) is 17.1. The summed E-state index contributed by atoms with van der Waals surface area (Å²) in [5, 5.41) is 22.8. The summed E-state index contributed by atoms with van der Waals surface area (Å²) in [4.78, 5) is 25.0. The first-order valence-corrected chi connectivity index (χ1v) is 10.4. The summed E-state index contributed by atoms with van der Waals surface area (Å²) >= 11 is 0. The minimum absolute atomic E-state index is 0.0362. The van der Waals surface area contributed by atoms with Crippen molar-refractivity contribution in [2.75, 3.05) is 11.9 Å². The Morgan fingerprint density at radius 1 is 0.833 bits per heavy atom. The van der Waals surface area contributed by atoms with Gasteiger partial charge in [-0.3, -0.25) is 9.59 Å². The number of hydrogen-bond acceptors (Lipinski definition) is 6. The molecule has 3 N–H and O–H groups in total. The van der Waals surface area contributed by atoms with E-state index in [1.54, 1.807) is 24.3 Å². The minimum atomic E-state index is -0.554. The SMILES string of the molecule is CCCCCCCCOc1ccc(NC2=CC(=O)c3c(O)ccc(O)c3C2=O)cc1. The first-order chi connectivity index (χ1) is 14.5. The normalized spacial score (nSPS) is 13.0. The minimum Gasteiger partial charge on any atom is -0.507 e. The van der Waals surface area contributed by atoms with E-state index in [0.29, 0.717) is 12.3 Å². The maximum atomic E-state index is 12.7. The number of aromatic hydroxyl groups is 2. The van der Waals surface area contributed by atoms with Gasteiger partial charge >= 0.3 is 0 Å². The van der Waals surface area contributed by atoms with E-state index in [4.69, 9.17) is 4.74 Å². The maximum absolute atomic E-state index is 12.7. The number of Topliss-reactive ketones (excluding diaryl/α,β-unsaturated/α-hetero) is 1. The number of carbonyl (C=O) groups excluding carboxylic acids is 2. The van der Waals surface area contributed by atoms with Crippen LogP contribution in [0.15, 0.2) is 48.2 Å². The fourth-order valence-electron chi connectivity index (χ4n) is 3.42. The van der Waals surface area contributed by atoms with Crippen molar-refractivity contribution in [2.45, 2.75) is 45.4 Å². The van der Waals surface area contributed by atoms with Crippen LogP contribution in [-0.2, 0) is 0 Å². The molecule has 3 rings (SSSR count). The second-order valence-corrected chi connectivity index (χ2v) is 7.37. The van der Waals surface area contributed by atoms with Crippen molar-refractivity contribution in [3.05, 3.63) is 59.3 Å². The molecule has 0 heterocycles. The highest BCUT2D eigenvalue weighted by molar-refractivity contribution is 6.27. The number of anilines is 1. The largest absolute Gasteiger partial charge is 0.507 e. The number of carbonyl (C=O) groups is 2. The molecular weight excluding hydrogens is 382 g/mol. The van der Waals surface area contributed by atoms with Gasteiger partial charge in [0.25, 0.3) is 0 Å². The number of hydrogen-bond donors (Lipinski definition) is 3. The third-order valence-corrected chi connectivity index (χ3v) is 5.05. The van der Waals surface area contributed by atoms with Gasteiger partial charge in [0.2, 0.25) is 5.78 Å². The summed E-state index contributed by atoms with van der Waals surface area (Å²) < 4.78 is 5.75. The molecule has 0 spiro atoms. The first-order valence-electron chi connectivity index (χ1n) is 10.4. The van der Waals surface area contributed by atoms with E-state index < -0.39 is 11.6 Å². The van der Waals surface area contributed by atoms with Crippen molar-refractivity contribution in [1.29, 1.82) is 0 Å². The predicted molar refractivity (Wildman–Crippen MR) is 115 cm³/mol. The fraction of sp³-hybridized carbons (Fsp3) is 0.333. The van der Waals surface area contributed by atoms with Crippen LogP contribution in [0.25, 0.3) is 0 Å². The monoisotopic (exact) mass is 409 g/mol. The molecule has 2 aromatic carbocycles. The second kappa shape index (κ2) is 9.96. The molecular formula is C24H27NO5. The van der Waals surface area contributed by atoms with Gasteiger partial charge in [-0.2, -0.15) is 0 Å². The molecule has 0 unspecified atom stereocenters. The first kappa shape index (κ1) is 21.4. The molecule has 6 heteroatoms. The molecule has 30 heavy (non-hydrogen) atoms. The zero-order valence-electron chi connectivity index (χ0n) is 17.1. The zero-order chi connectivity index (χ0) is 21.5. The summed E-state index contributed by atoms with van der Waals surface area (Å²) in [5.74, 6) is -1.03. The van der Waals surface area contributed by atoms with E-state index >= 15 is 0 Å². The van der Waals surface area contributed by atoms with Crippen molar-refractivity contribution >= 4 is 17.3 Å². The lowest BCUT2D eigenvalue weighted by Gasteiger charge is -2.18. The van der Waals surface area contributed by atoms with Crippen LogP contribution in [0.3, 0.4) is 0 Å². The number of benzene rings is 2. The number of allylic oxidation sites excluding steroid dienone is 2. The number of ether oxygens (including phenoxy) is 1. The number of ketones is 2. The third-order valence-electron chi connectivity index (χ3n) is 5.05. The Labute approximate surface area is 176 Å². The molecule has 1 aliphatic rings. The van der Waals surface area contributed by atoms with E-state index in [2.05, 4.69) is 12.2 Å². The van der Waals surface area contributed by atoms with Crippen molar-refractivity contribution in [1.82, 2.24) is 0 Å². The number of unbranched alkanes of at least 4 members (excludes halogenated alkanes) is 5. The number of fused-ring (bicyclic) bond motifs is 1. The van der Waals surface area contributed by atoms with Gasteiger partial charge in [-0.1, -0.05) is 39.0 Å². The van der Waals surface area contributed by atoms with Crippen LogP contribution in [0.4, 0.5) is 5.69 Å². The lowest BCUT2D eigenvalue weighted by atomic mass is 9.91. The highest BCUT2D eigenvalue weighted by Gasteiger charge is 2.31. The maximum Gasteiger partial charge on any atom is 0.213 e. The van der Waals surface area contributed by atoms with Gasteiger partial charge in [-0.25, -0.2) is 0 Å². The molecule has 158 valence electrons. The summed E-state index contributed by atoms with van der Waals surface area (Å²) in [6.45, 7) is 2.87.